The van der Waals surface area contributed by atoms with Crippen LogP contribution in [0.5, 0.6) is 0 Å². The maximum absolute atomic E-state index is 11.4. The number of esters is 1. The summed E-state index contributed by atoms with van der Waals surface area (Å²) in [6.45, 7) is 2.00. The number of aryl methyl sites for hydroxylation is 1. The van der Waals surface area contributed by atoms with Gasteiger partial charge < -0.3 is 9.84 Å². The third-order valence-corrected chi connectivity index (χ3v) is 3.42. The third-order valence-electron chi connectivity index (χ3n) is 3.42. The SMILES string of the molecule is COC(=O)C(O)C1(c2ccccc2C)CC1. The molecule has 0 aliphatic heterocycles. The van der Waals surface area contributed by atoms with Crippen LogP contribution in [0, 0.1) is 6.92 Å². The van der Waals surface area contributed by atoms with Gasteiger partial charge in [0.15, 0.2) is 6.10 Å². The molecule has 1 fully saturated rings. The predicted molar refractivity (Wildman–Crippen MR) is 60.1 cm³/mol. The summed E-state index contributed by atoms with van der Waals surface area (Å²) in [5, 5.41) is 10.0. The summed E-state index contributed by atoms with van der Waals surface area (Å²) >= 11 is 0. The van der Waals surface area contributed by atoms with Crippen LogP contribution in [0.4, 0.5) is 0 Å². The van der Waals surface area contributed by atoms with Crippen molar-refractivity contribution in [1.82, 2.24) is 0 Å². The van der Waals surface area contributed by atoms with Crippen LogP contribution in [0.2, 0.25) is 0 Å². The van der Waals surface area contributed by atoms with Crippen molar-refractivity contribution in [2.75, 3.05) is 7.11 Å². The fraction of sp³-hybridized carbons (Fsp3) is 0.462. The monoisotopic (exact) mass is 220 g/mol. The summed E-state index contributed by atoms with van der Waals surface area (Å²) in [4.78, 5) is 11.4. The van der Waals surface area contributed by atoms with Crippen molar-refractivity contribution >= 4 is 5.97 Å². The fourth-order valence-corrected chi connectivity index (χ4v) is 2.29. The first-order valence-corrected chi connectivity index (χ1v) is 5.44. The Kier molecular flexibility index (Phi) is 2.72. The van der Waals surface area contributed by atoms with E-state index in [9.17, 15) is 9.90 Å². The Bertz CT molecular complexity index is 407. The third kappa shape index (κ3) is 1.61. The van der Waals surface area contributed by atoms with Gasteiger partial charge in [0.1, 0.15) is 0 Å². The molecule has 0 aromatic heterocycles. The van der Waals surface area contributed by atoms with Crippen LogP contribution in [0.1, 0.15) is 24.0 Å². The van der Waals surface area contributed by atoms with Crippen LogP contribution >= 0.6 is 0 Å². The topological polar surface area (TPSA) is 46.5 Å². The summed E-state index contributed by atoms with van der Waals surface area (Å²) in [5.74, 6) is -0.541. The van der Waals surface area contributed by atoms with Crippen molar-refractivity contribution in [3.05, 3.63) is 35.4 Å². The molecule has 1 atom stereocenters. The van der Waals surface area contributed by atoms with Crippen LogP contribution < -0.4 is 0 Å². The van der Waals surface area contributed by atoms with E-state index in [1.54, 1.807) is 0 Å². The number of hydrogen-bond acceptors (Lipinski definition) is 3. The van der Waals surface area contributed by atoms with Gasteiger partial charge in [-0.05, 0) is 30.9 Å². The highest BCUT2D eigenvalue weighted by atomic mass is 16.5. The predicted octanol–water partition coefficient (Wildman–Crippen LogP) is 1.56. The molecule has 2 rings (SSSR count). The van der Waals surface area contributed by atoms with Crippen molar-refractivity contribution in [3.63, 3.8) is 0 Å². The zero-order valence-electron chi connectivity index (χ0n) is 9.56. The number of aliphatic hydroxyl groups excluding tert-OH is 1. The molecule has 1 aromatic carbocycles. The standard InChI is InChI=1S/C13H16O3/c1-9-5-3-4-6-10(9)13(7-8-13)11(14)12(15)16-2/h3-6,11,14H,7-8H2,1-2H3. The summed E-state index contributed by atoms with van der Waals surface area (Å²) in [6.07, 6.45) is 0.640. The van der Waals surface area contributed by atoms with Gasteiger partial charge in [0.25, 0.3) is 0 Å². The number of carbonyl (C=O) groups excluding carboxylic acids is 1. The molecule has 16 heavy (non-hydrogen) atoms. The number of hydrogen-bond donors (Lipinski definition) is 1. The lowest BCUT2D eigenvalue weighted by molar-refractivity contribution is -0.152. The Hall–Kier alpha value is -1.35. The van der Waals surface area contributed by atoms with E-state index in [4.69, 9.17) is 0 Å². The first-order valence-electron chi connectivity index (χ1n) is 5.44. The Labute approximate surface area is 95.0 Å². The number of methoxy groups -OCH3 is 1. The minimum atomic E-state index is -1.04. The zero-order chi connectivity index (χ0) is 11.8. The minimum absolute atomic E-state index is 0.404. The molecule has 0 amide bonds. The molecule has 1 aliphatic rings. The molecule has 1 saturated carbocycles. The molecule has 1 unspecified atom stereocenters. The molecular formula is C13H16O3. The van der Waals surface area contributed by atoms with Crippen molar-refractivity contribution in [2.24, 2.45) is 0 Å². The average molecular weight is 220 g/mol. The van der Waals surface area contributed by atoms with E-state index < -0.39 is 17.5 Å². The lowest BCUT2D eigenvalue weighted by Crippen LogP contribution is -2.35. The fourth-order valence-electron chi connectivity index (χ4n) is 2.29. The number of benzene rings is 1. The molecule has 0 heterocycles. The lowest BCUT2D eigenvalue weighted by Gasteiger charge is -2.22. The van der Waals surface area contributed by atoms with E-state index in [-0.39, 0.29) is 0 Å². The maximum atomic E-state index is 11.4. The maximum Gasteiger partial charge on any atom is 0.335 e. The largest absolute Gasteiger partial charge is 0.467 e. The van der Waals surface area contributed by atoms with Crippen molar-refractivity contribution in [3.8, 4) is 0 Å². The van der Waals surface area contributed by atoms with Crippen molar-refractivity contribution in [1.29, 1.82) is 0 Å². The van der Waals surface area contributed by atoms with E-state index in [2.05, 4.69) is 4.74 Å². The quantitative estimate of drug-likeness (QED) is 0.786. The van der Waals surface area contributed by atoms with Gasteiger partial charge in [-0.1, -0.05) is 24.3 Å². The number of ether oxygens (including phenoxy) is 1. The highest BCUT2D eigenvalue weighted by Gasteiger charge is 2.54. The van der Waals surface area contributed by atoms with Gasteiger partial charge in [-0.3, -0.25) is 0 Å². The normalized spacial score (nSPS) is 18.9. The highest BCUT2D eigenvalue weighted by Crippen LogP contribution is 2.52. The highest BCUT2D eigenvalue weighted by molar-refractivity contribution is 5.77. The first-order chi connectivity index (χ1) is 7.62. The molecule has 3 nitrogen and oxygen atoms in total. The van der Waals surface area contributed by atoms with E-state index in [0.717, 1.165) is 24.0 Å². The second kappa shape index (κ2) is 3.91. The molecular weight excluding hydrogens is 204 g/mol. The van der Waals surface area contributed by atoms with E-state index in [1.807, 2.05) is 31.2 Å². The van der Waals surface area contributed by atoms with E-state index in [1.165, 1.54) is 7.11 Å². The minimum Gasteiger partial charge on any atom is -0.467 e. The Morgan fingerprint density at radius 3 is 2.56 bits per heavy atom. The Balaban J connectivity index is 2.33. The Morgan fingerprint density at radius 2 is 2.06 bits per heavy atom. The van der Waals surface area contributed by atoms with Gasteiger partial charge in [-0.2, -0.15) is 0 Å². The lowest BCUT2D eigenvalue weighted by atomic mass is 9.87. The van der Waals surface area contributed by atoms with Crippen LogP contribution in [-0.2, 0) is 14.9 Å². The van der Waals surface area contributed by atoms with Crippen LogP contribution in [0.3, 0.4) is 0 Å². The van der Waals surface area contributed by atoms with Crippen molar-refractivity contribution in [2.45, 2.75) is 31.3 Å². The number of aliphatic hydroxyl groups is 1. The van der Waals surface area contributed by atoms with Crippen LogP contribution in [0.25, 0.3) is 0 Å². The molecule has 1 N–H and O–H groups in total. The van der Waals surface area contributed by atoms with Gasteiger partial charge in [0, 0.05) is 5.41 Å². The van der Waals surface area contributed by atoms with E-state index >= 15 is 0 Å². The number of rotatable bonds is 3. The van der Waals surface area contributed by atoms with Crippen LogP contribution in [0.15, 0.2) is 24.3 Å². The van der Waals surface area contributed by atoms with Gasteiger partial charge >= 0.3 is 5.97 Å². The van der Waals surface area contributed by atoms with Gasteiger partial charge in [0.2, 0.25) is 0 Å². The zero-order valence-corrected chi connectivity index (χ0v) is 9.56. The first kappa shape index (κ1) is 11.1. The van der Waals surface area contributed by atoms with Crippen molar-refractivity contribution < 1.29 is 14.6 Å². The Morgan fingerprint density at radius 1 is 1.44 bits per heavy atom. The molecule has 0 spiro atoms. The average Bonchev–Trinajstić information content (AvgIpc) is 3.09. The molecule has 0 saturated heterocycles. The summed E-state index contributed by atoms with van der Waals surface area (Å²) in [7, 11) is 1.31. The summed E-state index contributed by atoms with van der Waals surface area (Å²) < 4.78 is 4.61. The summed E-state index contributed by atoms with van der Waals surface area (Å²) in [6, 6.07) is 7.87. The summed E-state index contributed by atoms with van der Waals surface area (Å²) in [5.41, 5.74) is 1.77. The number of carbonyl (C=O) groups is 1. The van der Waals surface area contributed by atoms with E-state index in [0.29, 0.717) is 0 Å². The second-order valence-corrected chi connectivity index (χ2v) is 4.40. The van der Waals surface area contributed by atoms with Gasteiger partial charge in [-0.15, -0.1) is 0 Å². The molecule has 0 bridgehead atoms. The molecule has 3 heteroatoms. The molecule has 1 aromatic rings. The molecule has 86 valence electrons. The molecule has 0 radical (unpaired) electrons. The van der Waals surface area contributed by atoms with Gasteiger partial charge in [-0.25, -0.2) is 4.79 Å². The smallest absolute Gasteiger partial charge is 0.335 e. The second-order valence-electron chi connectivity index (χ2n) is 4.40. The molecule has 1 aliphatic carbocycles. The van der Waals surface area contributed by atoms with Gasteiger partial charge in [0.05, 0.1) is 7.11 Å². The van der Waals surface area contributed by atoms with Crippen LogP contribution in [-0.4, -0.2) is 24.3 Å².